The summed E-state index contributed by atoms with van der Waals surface area (Å²) in [6.07, 6.45) is 4.23. The third-order valence-electron chi connectivity index (χ3n) is 9.40. The van der Waals surface area contributed by atoms with E-state index in [9.17, 15) is 10.2 Å². The molecule has 4 fully saturated rings. The number of aliphatic hydroxyl groups is 2. The molecule has 0 aliphatic carbocycles. The fourth-order valence-electron chi connectivity index (χ4n) is 7.07. The van der Waals surface area contributed by atoms with Crippen molar-refractivity contribution < 1.29 is 14.9 Å². The Kier molecular flexibility index (Phi) is 6.59. The number of nitrogens with zero attached hydrogens (tertiary/aromatic N) is 3. The van der Waals surface area contributed by atoms with Gasteiger partial charge in [0.05, 0.1) is 24.3 Å². The Balaban J connectivity index is 1.31. The van der Waals surface area contributed by atoms with Gasteiger partial charge in [-0.1, -0.05) is 43.7 Å². The number of aromatic nitrogens is 1. The SMILES string of the molecule is CC[C@H]1CN2CC[C@@H]1C[C@H]2[C@H](O)c1cc(N2CCC(O)(c3ccccc3)CC2)nc2ccc(OC)cc12. The van der Waals surface area contributed by atoms with Gasteiger partial charge in [-0.3, -0.25) is 4.90 Å². The Labute approximate surface area is 219 Å². The monoisotopic (exact) mass is 501 g/mol. The van der Waals surface area contributed by atoms with Gasteiger partial charge < -0.3 is 19.8 Å². The highest BCUT2D eigenvalue weighted by molar-refractivity contribution is 5.86. The minimum Gasteiger partial charge on any atom is -0.497 e. The van der Waals surface area contributed by atoms with Crippen LogP contribution in [0.3, 0.4) is 0 Å². The van der Waals surface area contributed by atoms with Gasteiger partial charge in [-0.2, -0.15) is 0 Å². The molecule has 1 aromatic heterocycles. The van der Waals surface area contributed by atoms with Gasteiger partial charge in [-0.25, -0.2) is 4.98 Å². The van der Waals surface area contributed by atoms with Crippen LogP contribution in [0.5, 0.6) is 5.75 Å². The molecule has 4 aliphatic heterocycles. The molecular formula is C31H39N3O3. The van der Waals surface area contributed by atoms with Crippen LogP contribution >= 0.6 is 0 Å². The molecule has 2 N–H and O–H groups in total. The average molecular weight is 502 g/mol. The van der Waals surface area contributed by atoms with E-state index in [1.807, 2.05) is 48.5 Å². The van der Waals surface area contributed by atoms with Crippen LogP contribution < -0.4 is 9.64 Å². The summed E-state index contributed by atoms with van der Waals surface area (Å²) in [5, 5.41) is 24.2. The lowest BCUT2D eigenvalue weighted by Gasteiger charge is -2.51. The van der Waals surface area contributed by atoms with E-state index in [1.54, 1.807) is 7.11 Å². The fourth-order valence-corrected chi connectivity index (χ4v) is 7.07. The minimum atomic E-state index is -0.811. The second kappa shape index (κ2) is 9.90. The molecular weight excluding hydrogens is 462 g/mol. The van der Waals surface area contributed by atoms with Gasteiger partial charge >= 0.3 is 0 Å². The molecule has 0 saturated carbocycles. The van der Waals surface area contributed by atoms with Gasteiger partial charge in [-0.05, 0) is 79.5 Å². The molecule has 3 aromatic rings. The van der Waals surface area contributed by atoms with E-state index in [2.05, 4.69) is 22.8 Å². The highest BCUT2D eigenvalue weighted by Crippen LogP contribution is 2.44. The van der Waals surface area contributed by atoms with Crippen molar-refractivity contribution in [3.8, 4) is 5.75 Å². The first-order chi connectivity index (χ1) is 18.0. The highest BCUT2D eigenvalue weighted by Gasteiger charge is 2.43. The number of rotatable bonds is 6. The maximum Gasteiger partial charge on any atom is 0.129 e. The van der Waals surface area contributed by atoms with Crippen molar-refractivity contribution >= 4 is 16.7 Å². The van der Waals surface area contributed by atoms with E-state index in [-0.39, 0.29) is 6.04 Å². The number of anilines is 1. The number of fused-ring (bicyclic) bond motifs is 4. The average Bonchev–Trinajstić information content (AvgIpc) is 2.97. The van der Waals surface area contributed by atoms with E-state index in [1.165, 1.54) is 12.8 Å². The molecule has 1 unspecified atom stereocenters. The predicted molar refractivity (Wildman–Crippen MR) is 147 cm³/mol. The summed E-state index contributed by atoms with van der Waals surface area (Å²) >= 11 is 0. The number of methoxy groups -OCH3 is 1. The molecule has 4 aliphatic rings. The first-order valence-corrected chi connectivity index (χ1v) is 13.9. The maximum atomic E-state index is 11.9. The maximum absolute atomic E-state index is 11.9. The topological polar surface area (TPSA) is 69.1 Å². The Hall–Kier alpha value is -2.67. The molecule has 37 heavy (non-hydrogen) atoms. The zero-order valence-electron chi connectivity index (χ0n) is 22.0. The van der Waals surface area contributed by atoms with Gasteiger partial charge in [0.2, 0.25) is 0 Å². The van der Waals surface area contributed by atoms with Crippen LogP contribution in [-0.4, -0.2) is 59.4 Å². The second-order valence-corrected chi connectivity index (χ2v) is 11.3. The van der Waals surface area contributed by atoms with Crippen LogP contribution in [0.2, 0.25) is 0 Å². The van der Waals surface area contributed by atoms with Crippen molar-refractivity contribution in [1.82, 2.24) is 9.88 Å². The third kappa shape index (κ3) is 4.49. The highest BCUT2D eigenvalue weighted by atomic mass is 16.5. The van der Waals surface area contributed by atoms with Crippen molar-refractivity contribution in [2.24, 2.45) is 11.8 Å². The largest absolute Gasteiger partial charge is 0.497 e. The summed E-state index contributed by atoms with van der Waals surface area (Å²) in [5.74, 6) is 3.11. The summed E-state index contributed by atoms with van der Waals surface area (Å²) in [6, 6.07) is 18.2. The smallest absolute Gasteiger partial charge is 0.129 e. The molecule has 6 nitrogen and oxygen atoms in total. The van der Waals surface area contributed by atoms with Gasteiger partial charge in [0.1, 0.15) is 11.6 Å². The molecule has 7 rings (SSSR count). The molecule has 6 heteroatoms. The van der Waals surface area contributed by atoms with Crippen LogP contribution in [0, 0.1) is 11.8 Å². The van der Waals surface area contributed by atoms with E-state index in [0.717, 1.165) is 59.0 Å². The third-order valence-corrected chi connectivity index (χ3v) is 9.40. The molecule has 0 spiro atoms. The van der Waals surface area contributed by atoms with Crippen LogP contribution in [0.15, 0.2) is 54.6 Å². The summed E-state index contributed by atoms with van der Waals surface area (Å²) in [5.41, 5.74) is 1.98. The predicted octanol–water partition coefficient (Wildman–Crippen LogP) is 4.89. The van der Waals surface area contributed by atoms with Gasteiger partial charge in [-0.15, -0.1) is 0 Å². The van der Waals surface area contributed by atoms with Crippen molar-refractivity contribution in [3.63, 3.8) is 0 Å². The molecule has 5 heterocycles. The standard InChI is InChI=1S/C31H39N3O3/c1-3-21-20-34-14-11-22(21)17-28(34)30(35)26-19-29(32-27-10-9-24(37-2)18-25(26)27)33-15-12-31(36,13-16-33)23-7-5-4-6-8-23/h4-10,18-19,21-22,28,30,35-36H,3,11-17,20H2,1-2H3/t21-,22+,28-,30+/m0/s1. The Bertz CT molecular complexity index is 1240. The molecule has 2 aromatic carbocycles. The number of piperidine rings is 4. The van der Waals surface area contributed by atoms with Crippen LogP contribution in [0.4, 0.5) is 5.82 Å². The summed E-state index contributed by atoms with van der Waals surface area (Å²) in [6.45, 7) is 5.89. The number of hydrogen-bond acceptors (Lipinski definition) is 6. The summed E-state index contributed by atoms with van der Waals surface area (Å²) in [4.78, 5) is 9.80. The van der Waals surface area contributed by atoms with Gasteiger partial charge in [0, 0.05) is 31.1 Å². The number of aliphatic hydroxyl groups excluding tert-OH is 1. The lowest BCUT2D eigenvalue weighted by atomic mass is 9.72. The normalized spacial score (nSPS) is 27.8. The van der Waals surface area contributed by atoms with Crippen molar-refractivity contribution in [2.45, 2.75) is 56.8 Å². The van der Waals surface area contributed by atoms with Gasteiger partial charge in [0.15, 0.2) is 0 Å². The van der Waals surface area contributed by atoms with Crippen LogP contribution in [-0.2, 0) is 5.60 Å². The van der Waals surface area contributed by atoms with Crippen molar-refractivity contribution in [3.05, 3.63) is 65.7 Å². The summed E-state index contributed by atoms with van der Waals surface area (Å²) < 4.78 is 5.53. The van der Waals surface area contributed by atoms with E-state index >= 15 is 0 Å². The lowest BCUT2D eigenvalue weighted by Crippen LogP contribution is -2.55. The van der Waals surface area contributed by atoms with E-state index in [4.69, 9.17) is 9.72 Å². The fraction of sp³-hybridized carbons (Fsp3) is 0.516. The molecule has 2 bridgehead atoms. The lowest BCUT2D eigenvalue weighted by molar-refractivity contribution is -0.0562. The van der Waals surface area contributed by atoms with Crippen LogP contribution in [0.25, 0.3) is 10.9 Å². The molecule has 196 valence electrons. The zero-order chi connectivity index (χ0) is 25.6. The number of hydrogen-bond donors (Lipinski definition) is 2. The van der Waals surface area contributed by atoms with E-state index < -0.39 is 11.7 Å². The molecule has 5 atom stereocenters. The molecule has 0 radical (unpaired) electrons. The Morgan fingerprint density at radius 1 is 1.08 bits per heavy atom. The van der Waals surface area contributed by atoms with E-state index in [0.29, 0.717) is 31.8 Å². The summed E-state index contributed by atoms with van der Waals surface area (Å²) in [7, 11) is 1.68. The van der Waals surface area contributed by atoms with Crippen LogP contribution in [0.1, 0.15) is 56.3 Å². The van der Waals surface area contributed by atoms with Gasteiger partial charge in [0.25, 0.3) is 0 Å². The first kappa shape index (κ1) is 24.7. The quantitative estimate of drug-likeness (QED) is 0.502. The minimum absolute atomic E-state index is 0.135. The number of benzene rings is 2. The number of pyridine rings is 1. The zero-order valence-corrected chi connectivity index (χ0v) is 22.0. The Morgan fingerprint density at radius 2 is 1.86 bits per heavy atom. The molecule has 4 saturated heterocycles. The second-order valence-electron chi connectivity index (χ2n) is 11.3. The first-order valence-electron chi connectivity index (χ1n) is 13.9. The Morgan fingerprint density at radius 3 is 2.54 bits per heavy atom. The molecule has 0 amide bonds. The van der Waals surface area contributed by atoms with Crippen molar-refractivity contribution in [1.29, 1.82) is 0 Å². The number of ether oxygens (including phenoxy) is 1. The van der Waals surface area contributed by atoms with Crippen molar-refractivity contribution in [2.75, 3.05) is 38.2 Å².